The molecule has 0 spiro atoms. The van der Waals surface area contributed by atoms with Crippen LogP contribution < -0.4 is 9.47 Å². The summed E-state index contributed by atoms with van der Waals surface area (Å²) in [4.78, 5) is 5.29. The fourth-order valence-electron chi connectivity index (χ4n) is 2.66. The van der Waals surface area contributed by atoms with Crippen molar-refractivity contribution >= 4 is 29.4 Å². The summed E-state index contributed by atoms with van der Waals surface area (Å²) < 4.78 is 11.5. The van der Waals surface area contributed by atoms with Gasteiger partial charge in [0.1, 0.15) is 34.8 Å². The van der Waals surface area contributed by atoms with Crippen LogP contribution in [0.15, 0.2) is 64.3 Å². The second-order valence-electron chi connectivity index (χ2n) is 8.28. The molecule has 0 aromatic heterocycles. The molecule has 0 heterocycles. The highest BCUT2D eigenvalue weighted by Gasteiger charge is 2.23. The molecule has 162 valence electrons. The zero-order chi connectivity index (χ0) is 22.2. The van der Waals surface area contributed by atoms with E-state index in [4.69, 9.17) is 37.5 Å². The highest BCUT2D eigenvalue weighted by molar-refractivity contribution is 6.55. The van der Waals surface area contributed by atoms with E-state index >= 15 is 0 Å². The smallest absolute Gasteiger partial charge is 0.129 e. The molecule has 2 rings (SSSR count). The van der Waals surface area contributed by atoms with Gasteiger partial charge in [0.05, 0.1) is 6.21 Å². The van der Waals surface area contributed by atoms with Gasteiger partial charge in [-0.25, -0.2) is 0 Å². The summed E-state index contributed by atoms with van der Waals surface area (Å²) in [5.74, 6) is 1.55. The van der Waals surface area contributed by atoms with Crippen LogP contribution in [0.25, 0.3) is 0 Å². The lowest BCUT2D eigenvalue weighted by atomic mass is 9.78. The van der Waals surface area contributed by atoms with Crippen molar-refractivity contribution in [1.82, 2.24) is 0 Å². The van der Waals surface area contributed by atoms with Gasteiger partial charge < -0.3 is 14.3 Å². The van der Waals surface area contributed by atoms with Crippen LogP contribution in [0, 0.1) is 0 Å². The lowest BCUT2D eigenvalue weighted by molar-refractivity contribution is 0.00128. The Kier molecular flexibility index (Phi) is 8.63. The minimum absolute atomic E-state index is 0.168. The fraction of sp³-hybridized carbons (Fsp3) is 0.375. The summed E-state index contributed by atoms with van der Waals surface area (Å²) >= 11 is 11.2. The lowest BCUT2D eigenvalue weighted by Crippen LogP contribution is -2.18. The first kappa shape index (κ1) is 24.1. The molecule has 0 saturated carbocycles. The maximum atomic E-state index is 5.69. The van der Waals surface area contributed by atoms with Crippen molar-refractivity contribution in [3.05, 3.63) is 70.2 Å². The predicted octanol–water partition coefficient (Wildman–Crippen LogP) is 6.89. The molecule has 0 unspecified atom stereocenters. The van der Waals surface area contributed by atoms with Crippen molar-refractivity contribution < 1.29 is 14.3 Å². The van der Waals surface area contributed by atoms with Crippen LogP contribution in [0.3, 0.4) is 0 Å². The van der Waals surface area contributed by atoms with Gasteiger partial charge in [0.2, 0.25) is 0 Å². The number of rotatable bonds is 9. The van der Waals surface area contributed by atoms with Crippen molar-refractivity contribution in [3.63, 3.8) is 0 Å². The van der Waals surface area contributed by atoms with Crippen molar-refractivity contribution in [2.45, 2.75) is 45.6 Å². The number of nitrogens with zero attached hydrogens (tertiary/aromatic N) is 1. The highest BCUT2D eigenvalue weighted by atomic mass is 35.5. The quantitative estimate of drug-likeness (QED) is 0.309. The summed E-state index contributed by atoms with van der Waals surface area (Å²) in [7, 11) is 0. The largest absolute Gasteiger partial charge is 0.489 e. The molecule has 0 radical (unpaired) electrons. The lowest BCUT2D eigenvalue weighted by Gasteiger charge is -2.26. The molecule has 2 aromatic carbocycles. The summed E-state index contributed by atoms with van der Waals surface area (Å²) in [5.41, 5.74) is 1.90. The monoisotopic (exact) mass is 449 g/mol. The van der Waals surface area contributed by atoms with Gasteiger partial charge in [0, 0.05) is 5.41 Å². The zero-order valence-electron chi connectivity index (χ0n) is 18.1. The maximum absolute atomic E-state index is 5.69. The summed E-state index contributed by atoms with van der Waals surface area (Å²) in [6.07, 6.45) is 3.22. The Morgan fingerprint density at radius 2 is 1.27 bits per heavy atom. The molecule has 0 atom stereocenters. The van der Waals surface area contributed by atoms with Gasteiger partial charge in [-0.2, -0.15) is 0 Å². The minimum atomic E-state index is -0.303. The molecule has 0 saturated heterocycles. The van der Waals surface area contributed by atoms with Crippen LogP contribution in [-0.2, 0) is 10.3 Å². The third-order valence-electron chi connectivity index (χ3n) is 4.37. The number of benzene rings is 2. The maximum Gasteiger partial charge on any atom is 0.129 e. The summed E-state index contributed by atoms with van der Waals surface area (Å²) in [6.45, 7) is 10.9. The average molecular weight is 450 g/mol. The topological polar surface area (TPSA) is 40.0 Å². The molecular weight excluding hydrogens is 421 g/mol. The van der Waals surface area contributed by atoms with Crippen LogP contribution in [0.5, 0.6) is 11.5 Å². The fourth-order valence-corrected chi connectivity index (χ4v) is 2.79. The molecule has 2 aromatic rings. The van der Waals surface area contributed by atoms with Crippen molar-refractivity contribution in [3.8, 4) is 11.5 Å². The minimum Gasteiger partial charge on any atom is -0.489 e. The van der Waals surface area contributed by atoms with Gasteiger partial charge in [-0.3, -0.25) is 0 Å². The van der Waals surface area contributed by atoms with Gasteiger partial charge in [-0.1, -0.05) is 66.5 Å². The van der Waals surface area contributed by atoms with E-state index in [9.17, 15) is 0 Å². The van der Waals surface area contributed by atoms with E-state index in [1.807, 2.05) is 45.0 Å². The second-order valence-corrected chi connectivity index (χ2v) is 9.29. The SMILES string of the molecule is CC(C)(C)ON=CCOc1ccc(C(C)(C)c2ccc(OCC=C(Cl)Cl)cc2)cc1. The van der Waals surface area contributed by atoms with Crippen LogP contribution in [0.2, 0.25) is 0 Å². The standard InChI is InChI=1S/C24H29Cl2NO3/c1-23(2,3)30-27-15-17-29-21-12-8-19(9-13-21)24(4,5)18-6-10-20(11-7-18)28-16-14-22(25)26/h6-15H,16-17H2,1-5H3. The Balaban J connectivity index is 1.96. The van der Waals surface area contributed by atoms with Crippen molar-refractivity contribution in [2.24, 2.45) is 5.16 Å². The molecule has 30 heavy (non-hydrogen) atoms. The molecule has 0 aliphatic heterocycles. The van der Waals surface area contributed by atoms with Gasteiger partial charge >= 0.3 is 0 Å². The molecule has 0 fully saturated rings. The predicted molar refractivity (Wildman–Crippen MR) is 125 cm³/mol. The number of hydrogen-bond donors (Lipinski definition) is 0. The molecule has 6 heteroatoms. The first-order valence-corrected chi connectivity index (χ1v) is 10.5. The number of hydrogen-bond acceptors (Lipinski definition) is 4. The third-order valence-corrected chi connectivity index (χ3v) is 4.67. The first-order chi connectivity index (χ1) is 14.1. The van der Waals surface area contributed by atoms with Gasteiger partial charge in [-0.05, 0) is 62.2 Å². The third kappa shape index (κ3) is 7.92. The van der Waals surface area contributed by atoms with Crippen LogP contribution in [0.4, 0.5) is 0 Å². The van der Waals surface area contributed by atoms with E-state index in [1.165, 1.54) is 11.1 Å². The molecule has 0 aliphatic carbocycles. The van der Waals surface area contributed by atoms with E-state index in [2.05, 4.69) is 43.3 Å². The van der Waals surface area contributed by atoms with E-state index in [1.54, 1.807) is 12.3 Å². The molecule has 0 amide bonds. The summed E-state index contributed by atoms with van der Waals surface area (Å²) in [6, 6.07) is 16.1. The number of oxime groups is 1. The van der Waals surface area contributed by atoms with Gasteiger partial charge in [0.25, 0.3) is 0 Å². The average Bonchev–Trinajstić information content (AvgIpc) is 2.67. The Bertz CT molecular complexity index is 848. The Morgan fingerprint density at radius 1 is 0.800 bits per heavy atom. The second kappa shape index (κ2) is 10.7. The number of halogens is 2. The highest BCUT2D eigenvalue weighted by Crippen LogP contribution is 2.33. The van der Waals surface area contributed by atoms with E-state index in [0.29, 0.717) is 13.2 Å². The van der Waals surface area contributed by atoms with Gasteiger partial charge in [-0.15, -0.1) is 0 Å². The first-order valence-electron chi connectivity index (χ1n) is 9.76. The molecule has 0 N–H and O–H groups in total. The Morgan fingerprint density at radius 3 is 1.70 bits per heavy atom. The van der Waals surface area contributed by atoms with Crippen LogP contribution >= 0.6 is 23.2 Å². The molecular formula is C24H29Cl2NO3. The van der Waals surface area contributed by atoms with E-state index in [-0.39, 0.29) is 15.5 Å². The van der Waals surface area contributed by atoms with Crippen LogP contribution in [0.1, 0.15) is 45.7 Å². The molecule has 0 aliphatic rings. The zero-order valence-corrected chi connectivity index (χ0v) is 19.6. The van der Waals surface area contributed by atoms with Gasteiger partial charge in [0.15, 0.2) is 0 Å². The Hall–Kier alpha value is -2.17. The Labute approximate surface area is 189 Å². The summed E-state index contributed by atoms with van der Waals surface area (Å²) in [5, 5.41) is 3.91. The van der Waals surface area contributed by atoms with Crippen molar-refractivity contribution in [2.75, 3.05) is 13.2 Å². The molecule has 4 nitrogen and oxygen atoms in total. The number of ether oxygens (including phenoxy) is 2. The normalized spacial score (nSPS) is 12.0. The molecule has 0 bridgehead atoms. The van der Waals surface area contributed by atoms with Crippen molar-refractivity contribution in [1.29, 1.82) is 0 Å². The van der Waals surface area contributed by atoms with Crippen LogP contribution in [-0.4, -0.2) is 25.0 Å². The van der Waals surface area contributed by atoms with E-state index in [0.717, 1.165) is 11.5 Å². The van der Waals surface area contributed by atoms with E-state index < -0.39 is 0 Å².